The number of carbonyl (C=O) groups is 2. The van der Waals surface area contributed by atoms with Gasteiger partial charge in [-0.25, -0.2) is 0 Å². The van der Waals surface area contributed by atoms with Gasteiger partial charge in [0.2, 0.25) is 0 Å². The van der Waals surface area contributed by atoms with Crippen LogP contribution in [0.15, 0.2) is 0 Å². The van der Waals surface area contributed by atoms with E-state index in [-0.39, 0.29) is 11.9 Å². The minimum absolute atomic E-state index is 0.139. The highest BCUT2D eigenvalue weighted by Gasteiger charge is 2.12. The Balaban J connectivity index is 3.80. The number of carbonyl (C=O) groups excluding carboxylic acids is 2. The first-order valence-electron chi connectivity index (χ1n) is 19.2. The Morgan fingerprint density at radius 1 is 0.409 bits per heavy atom. The minimum atomic E-state index is -0.139. The molecule has 0 aliphatic heterocycles. The lowest BCUT2D eigenvalue weighted by Gasteiger charge is -2.21. The average Bonchev–Trinajstić information content (AvgIpc) is 3.02. The minimum Gasteiger partial charge on any atom is -0.466 e. The maximum Gasteiger partial charge on any atom is 0.307 e. The van der Waals surface area contributed by atoms with E-state index in [1.54, 1.807) is 7.11 Å². The zero-order chi connectivity index (χ0) is 32.2. The van der Waals surface area contributed by atoms with Gasteiger partial charge in [0.25, 0.3) is 0 Å². The quantitative estimate of drug-likeness (QED) is 0.0510. The van der Waals surface area contributed by atoms with E-state index in [1.807, 2.05) is 0 Å². The third-order valence-electron chi connectivity index (χ3n) is 8.61. The number of ether oxygens (including phenoxy) is 3. The Labute approximate surface area is 274 Å². The molecule has 0 aliphatic rings. The van der Waals surface area contributed by atoms with E-state index in [0.29, 0.717) is 45.8 Å². The lowest BCUT2D eigenvalue weighted by Crippen LogP contribution is -2.31. The van der Waals surface area contributed by atoms with E-state index in [0.717, 1.165) is 38.6 Å². The predicted octanol–water partition coefficient (Wildman–Crippen LogP) is 10.6. The van der Waals surface area contributed by atoms with Gasteiger partial charge in [-0.2, -0.15) is 0 Å². The van der Waals surface area contributed by atoms with Crippen LogP contribution >= 0.6 is 0 Å². The monoisotopic (exact) mass is 626 g/mol. The Kier molecular flexibility index (Phi) is 35.4. The molecule has 0 aliphatic carbocycles. The Morgan fingerprint density at radius 2 is 0.727 bits per heavy atom. The maximum absolute atomic E-state index is 12.3. The van der Waals surface area contributed by atoms with Gasteiger partial charge in [-0.1, -0.05) is 155 Å². The zero-order valence-corrected chi connectivity index (χ0v) is 29.8. The van der Waals surface area contributed by atoms with Crippen molar-refractivity contribution >= 4 is 11.9 Å². The molecular weight excluding hydrogens is 550 g/mol. The van der Waals surface area contributed by atoms with E-state index in [9.17, 15) is 9.59 Å². The number of methoxy groups -OCH3 is 1. The predicted molar refractivity (Wildman–Crippen MR) is 186 cm³/mol. The van der Waals surface area contributed by atoms with Gasteiger partial charge in [-0.3, -0.25) is 9.59 Å². The molecule has 0 saturated heterocycles. The highest BCUT2D eigenvalue weighted by atomic mass is 16.5. The number of rotatable bonds is 36. The molecule has 262 valence electrons. The Hall–Kier alpha value is -1.14. The van der Waals surface area contributed by atoms with Gasteiger partial charge >= 0.3 is 11.9 Å². The molecule has 0 amide bonds. The van der Waals surface area contributed by atoms with Crippen LogP contribution in [0.25, 0.3) is 0 Å². The second-order valence-corrected chi connectivity index (χ2v) is 12.9. The first kappa shape index (κ1) is 42.9. The summed E-state index contributed by atoms with van der Waals surface area (Å²) in [5.74, 6) is -0.279. The molecule has 0 spiro atoms. The van der Waals surface area contributed by atoms with Crippen molar-refractivity contribution in [3.05, 3.63) is 0 Å². The summed E-state index contributed by atoms with van der Waals surface area (Å²) >= 11 is 0. The van der Waals surface area contributed by atoms with E-state index in [4.69, 9.17) is 14.2 Å². The molecule has 6 heteroatoms. The van der Waals surface area contributed by atoms with E-state index < -0.39 is 0 Å². The smallest absolute Gasteiger partial charge is 0.307 e. The molecule has 6 nitrogen and oxygen atoms in total. The average molecular weight is 626 g/mol. The molecule has 0 unspecified atom stereocenters. The van der Waals surface area contributed by atoms with Crippen LogP contribution in [0.5, 0.6) is 0 Å². The van der Waals surface area contributed by atoms with Crippen LogP contribution < -0.4 is 0 Å². The number of nitrogens with zero attached hydrogens (tertiary/aromatic N) is 1. The summed E-state index contributed by atoms with van der Waals surface area (Å²) in [5.41, 5.74) is 0. The molecule has 0 fully saturated rings. The summed E-state index contributed by atoms with van der Waals surface area (Å²) in [6.45, 7) is 8.25. The normalized spacial score (nSPS) is 11.4. The van der Waals surface area contributed by atoms with Gasteiger partial charge in [0.05, 0.1) is 26.1 Å². The van der Waals surface area contributed by atoms with Gasteiger partial charge in [0.1, 0.15) is 0 Å². The summed E-state index contributed by atoms with van der Waals surface area (Å²) < 4.78 is 16.2. The van der Waals surface area contributed by atoms with Crippen LogP contribution in [-0.2, 0) is 23.8 Å². The highest BCUT2D eigenvalue weighted by molar-refractivity contribution is 5.70. The standard InChI is InChI=1S/C38H75NO5/c1-4-6-8-10-12-14-16-18-20-22-24-26-35-43-37(40)29-32-39(31-28-34-42-3)33-30-38(41)44-36-27-25-23-21-19-17-15-13-11-9-7-5-2/h4-36H2,1-3H3. The molecule has 0 aromatic heterocycles. The van der Waals surface area contributed by atoms with Crippen molar-refractivity contribution < 1.29 is 23.8 Å². The van der Waals surface area contributed by atoms with Gasteiger partial charge in [-0.05, 0) is 19.3 Å². The Morgan fingerprint density at radius 3 is 1.05 bits per heavy atom. The van der Waals surface area contributed by atoms with Gasteiger partial charge < -0.3 is 19.1 Å². The Bertz CT molecular complexity index is 554. The summed E-state index contributed by atoms with van der Waals surface area (Å²) in [5, 5.41) is 0. The first-order valence-corrected chi connectivity index (χ1v) is 19.2. The van der Waals surface area contributed by atoms with Crippen LogP contribution in [-0.4, -0.2) is 63.4 Å². The van der Waals surface area contributed by atoms with Crippen molar-refractivity contribution in [2.24, 2.45) is 0 Å². The zero-order valence-electron chi connectivity index (χ0n) is 29.8. The van der Waals surface area contributed by atoms with Crippen molar-refractivity contribution in [3.8, 4) is 0 Å². The van der Waals surface area contributed by atoms with Crippen LogP contribution in [0.2, 0.25) is 0 Å². The fourth-order valence-corrected chi connectivity index (χ4v) is 5.67. The number of unbranched alkanes of at least 4 members (excludes halogenated alkanes) is 22. The van der Waals surface area contributed by atoms with Crippen molar-refractivity contribution in [2.45, 2.75) is 187 Å². The third kappa shape index (κ3) is 33.7. The molecule has 44 heavy (non-hydrogen) atoms. The van der Waals surface area contributed by atoms with Gasteiger partial charge in [0.15, 0.2) is 0 Å². The number of esters is 2. The second-order valence-electron chi connectivity index (χ2n) is 12.9. The third-order valence-corrected chi connectivity index (χ3v) is 8.61. The summed E-state index contributed by atoms with van der Waals surface area (Å²) in [6, 6.07) is 0. The molecule has 0 heterocycles. The molecule has 0 atom stereocenters. The van der Waals surface area contributed by atoms with Gasteiger partial charge in [-0.15, -0.1) is 0 Å². The summed E-state index contributed by atoms with van der Waals surface area (Å²) in [6.07, 6.45) is 32.7. The summed E-state index contributed by atoms with van der Waals surface area (Å²) in [7, 11) is 1.70. The fourth-order valence-electron chi connectivity index (χ4n) is 5.67. The highest BCUT2D eigenvalue weighted by Crippen LogP contribution is 2.13. The first-order chi connectivity index (χ1) is 21.6. The number of hydrogen-bond donors (Lipinski definition) is 0. The molecule has 0 aromatic carbocycles. The van der Waals surface area contributed by atoms with Crippen LogP contribution in [0, 0.1) is 0 Å². The maximum atomic E-state index is 12.3. The molecule has 0 N–H and O–H groups in total. The fraction of sp³-hybridized carbons (Fsp3) is 0.947. The van der Waals surface area contributed by atoms with Crippen LogP contribution in [0.1, 0.15) is 187 Å². The van der Waals surface area contributed by atoms with Crippen molar-refractivity contribution in [2.75, 3.05) is 46.6 Å². The summed E-state index contributed by atoms with van der Waals surface area (Å²) in [4.78, 5) is 26.8. The SMILES string of the molecule is CCCCCCCCCCCCCCOC(=O)CCN(CCCOC)CCC(=O)OCCCCCCCCCCCCCC. The van der Waals surface area contributed by atoms with Crippen molar-refractivity contribution in [1.82, 2.24) is 4.90 Å². The lowest BCUT2D eigenvalue weighted by atomic mass is 10.1. The molecule has 0 aromatic rings. The molecular formula is C38H75NO5. The lowest BCUT2D eigenvalue weighted by molar-refractivity contribution is -0.144. The van der Waals surface area contributed by atoms with Crippen LogP contribution in [0.3, 0.4) is 0 Å². The van der Waals surface area contributed by atoms with Crippen LogP contribution in [0.4, 0.5) is 0 Å². The van der Waals surface area contributed by atoms with Crippen molar-refractivity contribution in [1.29, 1.82) is 0 Å². The largest absolute Gasteiger partial charge is 0.466 e. The molecule has 0 rings (SSSR count). The van der Waals surface area contributed by atoms with Crippen molar-refractivity contribution in [3.63, 3.8) is 0 Å². The second kappa shape index (κ2) is 36.3. The molecule has 0 bridgehead atoms. The molecule has 0 radical (unpaired) electrons. The van der Waals surface area contributed by atoms with Gasteiger partial charge in [0, 0.05) is 33.4 Å². The van der Waals surface area contributed by atoms with E-state index >= 15 is 0 Å². The van der Waals surface area contributed by atoms with E-state index in [1.165, 1.54) is 128 Å². The van der Waals surface area contributed by atoms with E-state index in [2.05, 4.69) is 18.7 Å². The number of hydrogen-bond acceptors (Lipinski definition) is 6. The topological polar surface area (TPSA) is 65.1 Å². The molecule has 0 saturated carbocycles.